The molecule has 1 N–H and O–H groups in total. The SMILES string of the molecule is Cc1c(F)ccc2cc(B3OC(C)(C)C(C)(C)O3)[nH]c12. The van der Waals surface area contributed by atoms with E-state index in [1.165, 1.54) is 6.07 Å². The van der Waals surface area contributed by atoms with Crippen LogP contribution >= 0.6 is 0 Å². The van der Waals surface area contributed by atoms with Crippen molar-refractivity contribution in [1.29, 1.82) is 0 Å². The Labute approximate surface area is 118 Å². The van der Waals surface area contributed by atoms with Crippen molar-refractivity contribution < 1.29 is 13.7 Å². The third kappa shape index (κ3) is 1.88. The molecule has 0 atom stereocenters. The highest BCUT2D eigenvalue weighted by Gasteiger charge is 2.52. The molecule has 0 saturated carbocycles. The van der Waals surface area contributed by atoms with Gasteiger partial charge in [-0.05, 0) is 58.2 Å². The van der Waals surface area contributed by atoms with E-state index in [9.17, 15) is 4.39 Å². The summed E-state index contributed by atoms with van der Waals surface area (Å²) in [5, 5.41) is 0.966. The normalized spacial score (nSPS) is 20.8. The molecule has 0 radical (unpaired) electrons. The lowest BCUT2D eigenvalue weighted by molar-refractivity contribution is 0.00578. The van der Waals surface area contributed by atoms with E-state index in [4.69, 9.17) is 9.31 Å². The molecule has 2 aromatic rings. The monoisotopic (exact) mass is 275 g/mol. The first-order chi connectivity index (χ1) is 9.21. The van der Waals surface area contributed by atoms with Crippen LogP contribution in [0.1, 0.15) is 33.3 Å². The summed E-state index contributed by atoms with van der Waals surface area (Å²) in [6, 6.07) is 5.21. The van der Waals surface area contributed by atoms with Crippen LogP contribution in [0.15, 0.2) is 18.2 Å². The number of aryl methyl sites for hydroxylation is 1. The van der Waals surface area contributed by atoms with Gasteiger partial charge in [-0.3, -0.25) is 0 Å². The van der Waals surface area contributed by atoms with Gasteiger partial charge in [0.1, 0.15) is 5.82 Å². The number of hydrogen-bond acceptors (Lipinski definition) is 2. The summed E-state index contributed by atoms with van der Waals surface area (Å²) in [5.74, 6) is -0.209. The summed E-state index contributed by atoms with van der Waals surface area (Å²) in [6.07, 6.45) is 0. The van der Waals surface area contributed by atoms with Gasteiger partial charge in [0, 0.05) is 11.2 Å². The molecule has 1 saturated heterocycles. The maximum absolute atomic E-state index is 13.6. The fourth-order valence-electron chi connectivity index (χ4n) is 2.44. The molecule has 0 aliphatic carbocycles. The Morgan fingerprint density at radius 1 is 1.10 bits per heavy atom. The first kappa shape index (κ1) is 13.6. The average Bonchev–Trinajstić information content (AvgIpc) is 2.85. The Kier molecular flexibility index (Phi) is 2.79. The zero-order chi connectivity index (χ0) is 14.7. The predicted octanol–water partition coefficient (Wildman–Crippen LogP) is 2.91. The molecule has 2 heterocycles. The summed E-state index contributed by atoms with van der Waals surface area (Å²) in [6.45, 7) is 9.82. The second kappa shape index (κ2) is 4.09. The van der Waals surface area contributed by atoms with Crippen LogP contribution in [0.25, 0.3) is 10.9 Å². The number of fused-ring (bicyclic) bond motifs is 1. The van der Waals surface area contributed by atoms with Gasteiger partial charge in [-0.15, -0.1) is 0 Å². The van der Waals surface area contributed by atoms with Crippen LogP contribution in [-0.2, 0) is 9.31 Å². The molecule has 1 fully saturated rings. The summed E-state index contributed by atoms with van der Waals surface area (Å²) in [5.41, 5.74) is 1.48. The van der Waals surface area contributed by atoms with Crippen molar-refractivity contribution in [3.63, 3.8) is 0 Å². The first-order valence-electron chi connectivity index (χ1n) is 6.85. The molecule has 0 bridgehead atoms. The Morgan fingerprint density at radius 2 is 1.70 bits per heavy atom. The topological polar surface area (TPSA) is 34.2 Å². The predicted molar refractivity (Wildman–Crippen MR) is 78.7 cm³/mol. The van der Waals surface area contributed by atoms with E-state index < -0.39 is 7.12 Å². The fourth-order valence-corrected chi connectivity index (χ4v) is 2.44. The highest BCUT2D eigenvalue weighted by Crippen LogP contribution is 2.36. The molecule has 1 aliphatic rings. The maximum Gasteiger partial charge on any atom is 0.512 e. The van der Waals surface area contributed by atoms with Crippen molar-refractivity contribution in [2.75, 3.05) is 0 Å². The van der Waals surface area contributed by atoms with Gasteiger partial charge in [0.25, 0.3) is 0 Å². The van der Waals surface area contributed by atoms with E-state index in [0.29, 0.717) is 5.56 Å². The number of hydrogen-bond donors (Lipinski definition) is 1. The van der Waals surface area contributed by atoms with Gasteiger partial charge in [-0.1, -0.05) is 0 Å². The number of halogens is 1. The first-order valence-corrected chi connectivity index (χ1v) is 6.85. The van der Waals surface area contributed by atoms with Crippen LogP contribution in [0.3, 0.4) is 0 Å². The zero-order valence-corrected chi connectivity index (χ0v) is 12.5. The third-order valence-electron chi connectivity index (χ3n) is 4.52. The molecule has 5 heteroatoms. The van der Waals surface area contributed by atoms with E-state index in [-0.39, 0.29) is 17.0 Å². The smallest absolute Gasteiger partial charge is 0.398 e. The average molecular weight is 275 g/mol. The minimum absolute atomic E-state index is 0.209. The molecular formula is C15H19BFNO2. The molecule has 0 amide bonds. The minimum atomic E-state index is -0.449. The second-order valence-electron chi connectivity index (χ2n) is 6.45. The van der Waals surface area contributed by atoms with Gasteiger partial charge in [0.2, 0.25) is 0 Å². The van der Waals surface area contributed by atoms with Crippen LogP contribution in [0, 0.1) is 12.7 Å². The Morgan fingerprint density at radius 3 is 2.30 bits per heavy atom. The third-order valence-corrected chi connectivity index (χ3v) is 4.52. The number of aromatic nitrogens is 1. The molecule has 1 aliphatic heterocycles. The lowest BCUT2D eigenvalue weighted by atomic mass is 9.85. The van der Waals surface area contributed by atoms with Crippen molar-refractivity contribution in [3.8, 4) is 0 Å². The van der Waals surface area contributed by atoms with Crippen molar-refractivity contribution >= 4 is 23.6 Å². The minimum Gasteiger partial charge on any atom is -0.398 e. The molecule has 20 heavy (non-hydrogen) atoms. The van der Waals surface area contributed by atoms with Gasteiger partial charge in [0.15, 0.2) is 0 Å². The number of aromatic amines is 1. The van der Waals surface area contributed by atoms with E-state index >= 15 is 0 Å². The lowest BCUT2D eigenvalue weighted by Gasteiger charge is -2.32. The Hall–Kier alpha value is -1.33. The molecule has 0 unspecified atom stereocenters. The van der Waals surface area contributed by atoms with Gasteiger partial charge in [0.05, 0.1) is 16.7 Å². The zero-order valence-electron chi connectivity index (χ0n) is 12.5. The van der Waals surface area contributed by atoms with Crippen LogP contribution in [0.2, 0.25) is 0 Å². The molecule has 3 nitrogen and oxygen atoms in total. The number of rotatable bonds is 1. The summed E-state index contributed by atoms with van der Waals surface area (Å²) in [4.78, 5) is 3.23. The second-order valence-corrected chi connectivity index (χ2v) is 6.45. The van der Waals surface area contributed by atoms with Crippen molar-refractivity contribution in [1.82, 2.24) is 4.98 Å². The standard InChI is InChI=1S/C15H19BFNO2/c1-9-11(17)7-6-10-8-12(18-13(9)10)16-19-14(2,3)15(4,5)20-16/h6-8,18H,1-5H3. The number of nitrogens with one attached hydrogen (secondary N) is 1. The van der Waals surface area contributed by atoms with Gasteiger partial charge >= 0.3 is 7.12 Å². The van der Waals surface area contributed by atoms with Crippen LogP contribution in [0.4, 0.5) is 4.39 Å². The molecule has 0 spiro atoms. The summed E-state index contributed by atoms with van der Waals surface area (Å²) >= 11 is 0. The summed E-state index contributed by atoms with van der Waals surface area (Å²) < 4.78 is 25.6. The van der Waals surface area contributed by atoms with E-state index in [2.05, 4.69) is 4.98 Å². The summed E-state index contributed by atoms with van der Waals surface area (Å²) in [7, 11) is -0.449. The highest BCUT2D eigenvalue weighted by molar-refractivity contribution is 6.61. The van der Waals surface area contributed by atoms with E-state index in [0.717, 1.165) is 16.5 Å². The molecule has 3 rings (SSSR count). The van der Waals surface area contributed by atoms with Crippen molar-refractivity contribution in [3.05, 3.63) is 29.6 Å². The fraction of sp³-hybridized carbons (Fsp3) is 0.467. The molecule has 1 aromatic carbocycles. The van der Waals surface area contributed by atoms with Crippen molar-refractivity contribution in [2.24, 2.45) is 0 Å². The molecular weight excluding hydrogens is 256 g/mol. The molecule has 106 valence electrons. The largest absolute Gasteiger partial charge is 0.512 e. The van der Waals surface area contributed by atoms with Crippen molar-refractivity contribution in [2.45, 2.75) is 45.8 Å². The van der Waals surface area contributed by atoms with Gasteiger partial charge in [-0.25, -0.2) is 4.39 Å². The van der Waals surface area contributed by atoms with E-state index in [1.54, 1.807) is 13.0 Å². The van der Waals surface area contributed by atoms with Gasteiger partial charge in [-0.2, -0.15) is 0 Å². The Bertz CT molecular complexity index is 662. The quantitative estimate of drug-likeness (QED) is 0.812. The lowest BCUT2D eigenvalue weighted by Crippen LogP contribution is -2.41. The highest BCUT2D eigenvalue weighted by atomic mass is 19.1. The maximum atomic E-state index is 13.6. The van der Waals surface area contributed by atoms with Gasteiger partial charge < -0.3 is 14.3 Å². The Balaban J connectivity index is 2.03. The number of benzene rings is 1. The van der Waals surface area contributed by atoms with Crippen LogP contribution in [0.5, 0.6) is 0 Å². The van der Waals surface area contributed by atoms with Crippen LogP contribution in [-0.4, -0.2) is 23.3 Å². The van der Waals surface area contributed by atoms with E-state index in [1.807, 2.05) is 33.8 Å². The van der Waals surface area contributed by atoms with Crippen LogP contribution < -0.4 is 5.59 Å². The number of H-pyrrole nitrogens is 1. The molecule has 1 aromatic heterocycles.